The van der Waals surface area contributed by atoms with Crippen molar-refractivity contribution in [2.24, 2.45) is 5.10 Å². The van der Waals surface area contributed by atoms with Crippen molar-refractivity contribution >= 4 is 23.0 Å². The zero-order valence-corrected chi connectivity index (χ0v) is 16.2. The lowest BCUT2D eigenvalue weighted by atomic mass is 10.1. The predicted octanol–water partition coefficient (Wildman–Crippen LogP) is 3.68. The largest absolute Gasteiger partial charge is 0.484 e. The highest BCUT2D eigenvalue weighted by atomic mass is 16.6. The van der Waals surface area contributed by atoms with E-state index in [-0.39, 0.29) is 18.2 Å². The number of likely N-dealkylation sites (N-methyl/N-ethyl adjacent to an activating group) is 1. The van der Waals surface area contributed by atoms with E-state index in [1.807, 2.05) is 32.9 Å². The van der Waals surface area contributed by atoms with Crippen molar-refractivity contribution in [1.29, 1.82) is 0 Å². The van der Waals surface area contributed by atoms with Gasteiger partial charge in [0.05, 0.1) is 16.3 Å². The number of carbonyl (C=O) groups is 1. The van der Waals surface area contributed by atoms with Crippen molar-refractivity contribution in [3.63, 3.8) is 0 Å². The van der Waals surface area contributed by atoms with Gasteiger partial charge in [-0.15, -0.1) is 0 Å². The van der Waals surface area contributed by atoms with E-state index in [9.17, 15) is 14.9 Å². The highest BCUT2D eigenvalue weighted by Crippen LogP contribution is 2.18. The molecule has 148 valence electrons. The van der Waals surface area contributed by atoms with Crippen LogP contribution in [0.1, 0.15) is 26.3 Å². The summed E-state index contributed by atoms with van der Waals surface area (Å²) in [4.78, 5) is 24.0. The zero-order chi connectivity index (χ0) is 20.5. The van der Waals surface area contributed by atoms with Gasteiger partial charge in [-0.3, -0.25) is 20.3 Å². The van der Waals surface area contributed by atoms with Crippen LogP contribution in [0.15, 0.2) is 53.6 Å². The van der Waals surface area contributed by atoms with E-state index in [1.165, 1.54) is 12.1 Å². The monoisotopic (exact) mass is 384 g/mol. The van der Waals surface area contributed by atoms with Crippen LogP contribution in [0.2, 0.25) is 0 Å². The van der Waals surface area contributed by atoms with Gasteiger partial charge >= 0.3 is 0 Å². The molecule has 0 saturated carbocycles. The highest BCUT2D eigenvalue weighted by Gasteiger charge is 2.10. The molecule has 0 aliphatic carbocycles. The van der Waals surface area contributed by atoms with Gasteiger partial charge in [0.2, 0.25) is 0 Å². The van der Waals surface area contributed by atoms with Gasteiger partial charge in [-0.05, 0) is 56.7 Å². The Morgan fingerprint density at radius 1 is 1.18 bits per heavy atom. The summed E-state index contributed by atoms with van der Waals surface area (Å²) in [7, 11) is 0. The molecule has 0 atom stereocenters. The van der Waals surface area contributed by atoms with Crippen molar-refractivity contribution in [3.05, 3.63) is 64.2 Å². The van der Waals surface area contributed by atoms with Crippen LogP contribution < -0.4 is 10.2 Å². The topological polar surface area (TPSA) is 97.1 Å². The van der Waals surface area contributed by atoms with Crippen LogP contribution in [0.3, 0.4) is 0 Å². The fraction of sp³-hybridized carbons (Fsp3) is 0.300. The number of hydrazone groups is 1. The minimum Gasteiger partial charge on any atom is -0.484 e. The number of carbonyl (C=O) groups excluding carboxylic acids is 1. The molecule has 0 heterocycles. The van der Waals surface area contributed by atoms with Crippen LogP contribution in [0.25, 0.3) is 0 Å². The van der Waals surface area contributed by atoms with Crippen LogP contribution in [0, 0.1) is 10.1 Å². The van der Waals surface area contributed by atoms with Gasteiger partial charge in [0.15, 0.2) is 6.61 Å². The first kappa shape index (κ1) is 20.9. The van der Waals surface area contributed by atoms with Crippen molar-refractivity contribution in [3.8, 4) is 5.75 Å². The molecule has 1 amide bonds. The molecule has 0 fully saturated rings. The Hall–Kier alpha value is -3.42. The van der Waals surface area contributed by atoms with Gasteiger partial charge in [0.25, 0.3) is 11.6 Å². The van der Waals surface area contributed by atoms with E-state index in [0.717, 1.165) is 5.56 Å². The van der Waals surface area contributed by atoms with E-state index in [4.69, 9.17) is 4.74 Å². The number of ether oxygens (including phenoxy) is 1. The molecule has 8 heteroatoms. The van der Waals surface area contributed by atoms with Gasteiger partial charge in [-0.25, -0.2) is 0 Å². The fourth-order valence-corrected chi connectivity index (χ4v) is 2.51. The maximum Gasteiger partial charge on any atom is 0.271 e. The van der Waals surface area contributed by atoms with E-state index in [0.29, 0.717) is 30.2 Å². The average molecular weight is 384 g/mol. The number of benzene rings is 2. The lowest BCUT2D eigenvalue weighted by molar-refractivity contribution is -0.384. The number of anilines is 1. The van der Waals surface area contributed by atoms with Crippen molar-refractivity contribution in [1.82, 2.24) is 4.90 Å². The second-order valence-corrected chi connectivity index (χ2v) is 6.00. The Morgan fingerprint density at radius 2 is 1.86 bits per heavy atom. The number of nitrogens with zero attached hydrogens (tertiary/aromatic N) is 3. The third kappa shape index (κ3) is 5.80. The molecule has 0 bridgehead atoms. The quantitative estimate of drug-likeness (QED) is 0.404. The third-order valence-electron chi connectivity index (χ3n) is 4.16. The number of nitrogens with one attached hydrogen (secondary N) is 1. The summed E-state index contributed by atoms with van der Waals surface area (Å²) in [5.74, 6) is 0.552. The average Bonchev–Trinajstić information content (AvgIpc) is 2.72. The summed E-state index contributed by atoms with van der Waals surface area (Å²) in [5, 5.41) is 15.1. The number of amides is 1. The summed E-state index contributed by atoms with van der Waals surface area (Å²) in [6, 6.07) is 13.4. The molecule has 0 aromatic heterocycles. The third-order valence-corrected chi connectivity index (χ3v) is 4.16. The Bertz CT molecular complexity index is 846. The van der Waals surface area contributed by atoms with Gasteiger partial charge in [0.1, 0.15) is 5.75 Å². The highest BCUT2D eigenvalue weighted by molar-refractivity contribution is 5.99. The molecule has 0 aliphatic rings. The molecule has 2 aromatic carbocycles. The Morgan fingerprint density at radius 3 is 2.46 bits per heavy atom. The lowest BCUT2D eigenvalue weighted by Gasteiger charge is -2.18. The van der Waals surface area contributed by atoms with E-state index >= 15 is 0 Å². The normalized spacial score (nSPS) is 11.0. The smallest absolute Gasteiger partial charge is 0.271 e. The minimum atomic E-state index is -0.453. The molecule has 8 nitrogen and oxygen atoms in total. The summed E-state index contributed by atoms with van der Waals surface area (Å²) >= 11 is 0. The molecule has 0 unspecified atom stereocenters. The van der Waals surface area contributed by atoms with Crippen LogP contribution in [0.5, 0.6) is 5.75 Å². The molecular formula is C20H24N4O4. The molecule has 0 radical (unpaired) electrons. The molecular weight excluding hydrogens is 360 g/mol. The number of nitro groups is 1. The van der Waals surface area contributed by atoms with Gasteiger partial charge in [0, 0.05) is 25.2 Å². The second kappa shape index (κ2) is 10.1. The van der Waals surface area contributed by atoms with Crippen molar-refractivity contribution in [2.75, 3.05) is 25.1 Å². The van der Waals surface area contributed by atoms with Crippen molar-refractivity contribution in [2.45, 2.75) is 20.8 Å². The molecule has 1 N–H and O–H groups in total. The Kier molecular flexibility index (Phi) is 7.50. The first-order valence-electron chi connectivity index (χ1n) is 9.00. The van der Waals surface area contributed by atoms with Gasteiger partial charge < -0.3 is 9.64 Å². The second-order valence-electron chi connectivity index (χ2n) is 6.00. The van der Waals surface area contributed by atoms with E-state index in [1.54, 1.807) is 29.2 Å². The van der Waals surface area contributed by atoms with Crippen LogP contribution >= 0.6 is 0 Å². The minimum absolute atomic E-state index is 0.00128. The first-order valence-corrected chi connectivity index (χ1v) is 9.00. The Balaban J connectivity index is 1.96. The summed E-state index contributed by atoms with van der Waals surface area (Å²) in [6.07, 6.45) is 0. The maximum absolute atomic E-state index is 12.0. The van der Waals surface area contributed by atoms with Gasteiger partial charge in [-0.1, -0.05) is 6.07 Å². The zero-order valence-electron chi connectivity index (χ0n) is 16.2. The van der Waals surface area contributed by atoms with E-state index < -0.39 is 4.92 Å². The standard InChI is InChI=1S/C20H24N4O4/c1-4-23(5-2)20(25)14-28-19-11-9-16(10-12-19)15(3)21-22-17-7-6-8-18(13-17)24(26)27/h6-13,22H,4-5,14H2,1-3H3/b21-15-. The van der Waals surface area contributed by atoms with Crippen molar-refractivity contribution < 1.29 is 14.5 Å². The van der Waals surface area contributed by atoms with Gasteiger partial charge in [-0.2, -0.15) is 5.10 Å². The first-order chi connectivity index (χ1) is 13.4. The number of hydrogen-bond donors (Lipinski definition) is 1. The predicted molar refractivity (Wildman–Crippen MR) is 109 cm³/mol. The molecule has 0 spiro atoms. The number of hydrogen-bond acceptors (Lipinski definition) is 6. The summed E-state index contributed by atoms with van der Waals surface area (Å²) in [5.41, 5.74) is 4.92. The van der Waals surface area contributed by atoms with Crippen LogP contribution in [-0.2, 0) is 4.79 Å². The fourth-order valence-electron chi connectivity index (χ4n) is 2.51. The molecule has 2 rings (SSSR count). The van der Waals surface area contributed by atoms with E-state index in [2.05, 4.69) is 10.5 Å². The van der Waals surface area contributed by atoms with Crippen LogP contribution in [-0.4, -0.2) is 41.1 Å². The maximum atomic E-state index is 12.0. The lowest BCUT2D eigenvalue weighted by Crippen LogP contribution is -2.34. The molecule has 28 heavy (non-hydrogen) atoms. The SMILES string of the molecule is CCN(CC)C(=O)COc1ccc(/C(C)=N\Nc2cccc([N+](=O)[O-])c2)cc1. The molecule has 2 aromatic rings. The number of non-ortho nitro benzene ring substituents is 1. The summed E-state index contributed by atoms with van der Waals surface area (Å²) in [6.45, 7) is 7.00. The number of nitro benzene ring substituents is 1. The molecule has 0 saturated heterocycles. The summed E-state index contributed by atoms with van der Waals surface area (Å²) < 4.78 is 5.54. The number of rotatable bonds is 9. The molecule has 0 aliphatic heterocycles. The Labute approximate surface area is 164 Å². The van der Waals surface area contributed by atoms with Crippen LogP contribution in [0.4, 0.5) is 11.4 Å².